The third-order valence-electron chi connectivity index (χ3n) is 5.20. The van der Waals surface area contributed by atoms with Gasteiger partial charge in [-0.3, -0.25) is 9.69 Å². The number of morpholine rings is 1. The molecule has 0 radical (unpaired) electrons. The van der Waals surface area contributed by atoms with Crippen molar-refractivity contribution in [1.82, 2.24) is 4.90 Å². The Morgan fingerprint density at radius 2 is 2.00 bits per heavy atom. The summed E-state index contributed by atoms with van der Waals surface area (Å²) in [6.07, 6.45) is 0.949. The molecule has 0 aromatic heterocycles. The average molecular weight is 383 g/mol. The highest BCUT2D eigenvalue weighted by molar-refractivity contribution is 5.97. The van der Waals surface area contributed by atoms with Gasteiger partial charge in [0.25, 0.3) is 0 Å². The van der Waals surface area contributed by atoms with Gasteiger partial charge in [0.05, 0.1) is 26.4 Å². The molecule has 5 nitrogen and oxygen atoms in total. The number of ether oxygens (including phenoxy) is 2. The van der Waals surface area contributed by atoms with Crippen molar-refractivity contribution in [2.45, 2.75) is 45.6 Å². The summed E-state index contributed by atoms with van der Waals surface area (Å²) in [6.45, 7) is 12.7. The van der Waals surface area contributed by atoms with Crippen molar-refractivity contribution in [3.63, 3.8) is 0 Å². The first kappa shape index (κ1) is 21.0. The lowest BCUT2D eigenvalue weighted by Gasteiger charge is -2.46. The zero-order valence-corrected chi connectivity index (χ0v) is 17.1. The third kappa shape index (κ3) is 4.33. The maximum absolute atomic E-state index is 13.2. The molecule has 1 amide bonds. The smallest absolute Gasteiger partial charge is 0.241 e. The van der Waals surface area contributed by atoms with Crippen LogP contribution >= 0.6 is 12.4 Å². The minimum atomic E-state index is -0.192. The number of carbonyl (C=O) groups excluding carboxylic acids is 1. The standard InChI is InChI=1S/C20H30N2O3.ClH/c1-5-25-16-6-7-18-17(12-16)15(2)13-20(3,4)22(18)19(23)14-21-8-10-24-11-9-21;/h6-7,12,15H,5,8-11,13-14H2,1-4H3;1H. The fourth-order valence-corrected chi connectivity index (χ4v) is 4.16. The van der Waals surface area contributed by atoms with Gasteiger partial charge in [-0.2, -0.15) is 0 Å². The largest absolute Gasteiger partial charge is 0.494 e. The second-order valence-corrected chi connectivity index (χ2v) is 7.69. The minimum absolute atomic E-state index is 0. The van der Waals surface area contributed by atoms with Gasteiger partial charge in [0.2, 0.25) is 5.91 Å². The normalized spacial score (nSPS) is 22.3. The van der Waals surface area contributed by atoms with E-state index < -0.39 is 0 Å². The molecule has 26 heavy (non-hydrogen) atoms. The van der Waals surface area contributed by atoms with Crippen LogP contribution in [-0.4, -0.2) is 55.8 Å². The Morgan fingerprint density at radius 1 is 1.31 bits per heavy atom. The highest BCUT2D eigenvalue weighted by Gasteiger charge is 2.40. The number of benzene rings is 1. The average Bonchev–Trinajstić information content (AvgIpc) is 2.56. The summed E-state index contributed by atoms with van der Waals surface area (Å²) in [5, 5.41) is 0. The molecule has 2 aliphatic heterocycles. The number of halogens is 1. The number of nitrogens with zero attached hydrogens (tertiary/aromatic N) is 2. The lowest BCUT2D eigenvalue weighted by molar-refractivity contribution is -0.122. The molecule has 1 saturated heterocycles. The van der Waals surface area contributed by atoms with Crippen molar-refractivity contribution in [2.24, 2.45) is 0 Å². The number of hydrogen-bond acceptors (Lipinski definition) is 4. The Balaban J connectivity index is 0.00000243. The van der Waals surface area contributed by atoms with E-state index in [9.17, 15) is 4.79 Å². The van der Waals surface area contributed by atoms with Gasteiger partial charge in [0, 0.05) is 24.3 Å². The van der Waals surface area contributed by atoms with E-state index in [1.165, 1.54) is 5.56 Å². The van der Waals surface area contributed by atoms with Crippen molar-refractivity contribution in [3.05, 3.63) is 23.8 Å². The molecule has 2 heterocycles. The van der Waals surface area contributed by atoms with Crippen molar-refractivity contribution in [1.29, 1.82) is 0 Å². The molecule has 1 fully saturated rings. The van der Waals surface area contributed by atoms with Gasteiger partial charge in [0.1, 0.15) is 5.75 Å². The maximum atomic E-state index is 13.2. The predicted octanol–water partition coefficient (Wildman–Crippen LogP) is 3.46. The van der Waals surface area contributed by atoms with Crippen molar-refractivity contribution < 1.29 is 14.3 Å². The number of amides is 1. The molecule has 0 bridgehead atoms. The number of hydrogen-bond donors (Lipinski definition) is 0. The van der Waals surface area contributed by atoms with E-state index in [1.807, 2.05) is 17.9 Å². The zero-order chi connectivity index (χ0) is 18.0. The summed E-state index contributed by atoms with van der Waals surface area (Å²) in [7, 11) is 0. The molecule has 0 spiro atoms. The summed E-state index contributed by atoms with van der Waals surface area (Å²) in [5.41, 5.74) is 2.05. The number of carbonyl (C=O) groups is 1. The molecule has 3 rings (SSSR count). The Bertz CT molecular complexity index is 629. The highest BCUT2D eigenvalue weighted by Crippen LogP contribution is 2.44. The first-order valence-electron chi connectivity index (χ1n) is 9.32. The van der Waals surface area contributed by atoms with Gasteiger partial charge in [-0.05, 0) is 56.9 Å². The maximum Gasteiger partial charge on any atom is 0.241 e. The molecule has 6 heteroatoms. The Hall–Kier alpha value is -1.30. The quantitative estimate of drug-likeness (QED) is 0.799. The van der Waals surface area contributed by atoms with Crippen LogP contribution < -0.4 is 9.64 Å². The molecule has 1 atom stereocenters. The SMILES string of the molecule is CCOc1ccc2c(c1)C(C)CC(C)(C)N2C(=O)CN1CCOCC1.Cl. The van der Waals surface area contributed by atoms with E-state index in [1.54, 1.807) is 0 Å². The topological polar surface area (TPSA) is 42.0 Å². The molecule has 0 aliphatic carbocycles. The first-order chi connectivity index (χ1) is 11.9. The van der Waals surface area contributed by atoms with Crippen LogP contribution in [-0.2, 0) is 9.53 Å². The van der Waals surface area contributed by atoms with Crippen LogP contribution in [0, 0.1) is 0 Å². The number of anilines is 1. The highest BCUT2D eigenvalue weighted by atomic mass is 35.5. The summed E-state index contributed by atoms with van der Waals surface area (Å²) >= 11 is 0. The number of rotatable bonds is 4. The molecule has 146 valence electrons. The van der Waals surface area contributed by atoms with Gasteiger partial charge >= 0.3 is 0 Å². The lowest BCUT2D eigenvalue weighted by atomic mass is 9.80. The Morgan fingerprint density at radius 3 is 2.65 bits per heavy atom. The molecule has 1 unspecified atom stereocenters. The van der Waals surface area contributed by atoms with Gasteiger partial charge in [-0.1, -0.05) is 6.92 Å². The minimum Gasteiger partial charge on any atom is -0.494 e. The van der Waals surface area contributed by atoms with Crippen LogP contribution in [0.5, 0.6) is 5.75 Å². The van der Waals surface area contributed by atoms with Crippen LogP contribution in [0.15, 0.2) is 18.2 Å². The Labute approximate surface area is 163 Å². The van der Waals surface area contributed by atoms with Gasteiger partial charge in [-0.25, -0.2) is 0 Å². The summed E-state index contributed by atoms with van der Waals surface area (Å²) in [4.78, 5) is 17.4. The molecule has 0 N–H and O–H groups in total. The molecule has 0 saturated carbocycles. The zero-order valence-electron chi connectivity index (χ0n) is 16.3. The van der Waals surface area contributed by atoms with E-state index in [0.29, 0.717) is 32.3 Å². The molecule has 1 aromatic carbocycles. The monoisotopic (exact) mass is 382 g/mol. The molecular weight excluding hydrogens is 352 g/mol. The van der Waals surface area contributed by atoms with E-state index >= 15 is 0 Å². The van der Waals surface area contributed by atoms with Crippen LogP contribution in [0.2, 0.25) is 0 Å². The number of fused-ring (bicyclic) bond motifs is 1. The van der Waals surface area contributed by atoms with E-state index in [4.69, 9.17) is 9.47 Å². The van der Waals surface area contributed by atoms with Crippen LogP contribution in [0.4, 0.5) is 5.69 Å². The lowest BCUT2D eigenvalue weighted by Crippen LogP contribution is -2.55. The summed E-state index contributed by atoms with van der Waals surface area (Å²) in [5.74, 6) is 1.45. The second kappa shape index (κ2) is 8.59. The van der Waals surface area contributed by atoms with Crippen LogP contribution in [0.25, 0.3) is 0 Å². The summed E-state index contributed by atoms with van der Waals surface area (Å²) < 4.78 is 11.1. The van der Waals surface area contributed by atoms with Crippen LogP contribution in [0.1, 0.15) is 45.6 Å². The van der Waals surface area contributed by atoms with Crippen LogP contribution in [0.3, 0.4) is 0 Å². The van der Waals surface area contributed by atoms with E-state index in [-0.39, 0.29) is 23.9 Å². The van der Waals surface area contributed by atoms with Crippen molar-refractivity contribution in [3.8, 4) is 5.75 Å². The second-order valence-electron chi connectivity index (χ2n) is 7.69. The van der Waals surface area contributed by atoms with Gasteiger partial charge in [0.15, 0.2) is 0 Å². The molecule has 1 aromatic rings. The van der Waals surface area contributed by atoms with Gasteiger partial charge in [-0.15, -0.1) is 12.4 Å². The third-order valence-corrected chi connectivity index (χ3v) is 5.20. The van der Waals surface area contributed by atoms with Crippen molar-refractivity contribution >= 4 is 24.0 Å². The fourth-order valence-electron chi connectivity index (χ4n) is 4.16. The first-order valence-corrected chi connectivity index (χ1v) is 9.32. The molecular formula is C20H31ClN2O3. The molecule has 2 aliphatic rings. The predicted molar refractivity (Wildman–Crippen MR) is 107 cm³/mol. The van der Waals surface area contributed by atoms with E-state index in [2.05, 4.69) is 37.8 Å². The van der Waals surface area contributed by atoms with E-state index in [0.717, 1.165) is 30.9 Å². The fraction of sp³-hybridized carbons (Fsp3) is 0.650. The Kier molecular flexibility index (Phi) is 6.94. The van der Waals surface area contributed by atoms with Crippen molar-refractivity contribution in [2.75, 3.05) is 44.4 Å². The van der Waals surface area contributed by atoms with Gasteiger partial charge < -0.3 is 14.4 Å². The summed E-state index contributed by atoms with van der Waals surface area (Å²) in [6, 6.07) is 6.13.